The Balaban J connectivity index is 1.89. The lowest BCUT2D eigenvalue weighted by atomic mass is 9.90. The molecule has 1 saturated heterocycles. The summed E-state index contributed by atoms with van der Waals surface area (Å²) >= 11 is 5.47. The number of para-hydroxylation sites is 1. The monoisotopic (exact) mass is 531 g/mol. The first-order valence-corrected chi connectivity index (χ1v) is 11.4. The van der Waals surface area contributed by atoms with E-state index < -0.39 is 61.1 Å². The van der Waals surface area contributed by atoms with Crippen LogP contribution in [0.25, 0.3) is 10.9 Å². The van der Waals surface area contributed by atoms with Crippen LogP contribution in [0.2, 0.25) is 0 Å². The second-order valence-corrected chi connectivity index (χ2v) is 8.70. The van der Waals surface area contributed by atoms with Gasteiger partial charge in [-0.3, -0.25) is 9.59 Å². The lowest BCUT2D eigenvalue weighted by Gasteiger charge is -2.52. The Labute approximate surface area is 206 Å². The number of halogens is 7. The Morgan fingerprint density at radius 2 is 1.58 bits per heavy atom. The first-order chi connectivity index (χ1) is 16.9. The van der Waals surface area contributed by atoms with Crippen LogP contribution in [0.3, 0.4) is 0 Å². The minimum atomic E-state index is -5.29. The molecule has 1 fully saturated rings. The lowest BCUT2D eigenvalue weighted by Crippen LogP contribution is -2.73. The lowest BCUT2D eigenvalue weighted by molar-refractivity contribution is -0.256. The fourth-order valence-electron chi connectivity index (χ4n) is 4.72. The van der Waals surface area contributed by atoms with E-state index in [1.165, 1.54) is 30.5 Å². The standard InChI is InChI=1S/C24H20ClF6N3O2/c25-11-20(35)34-19(23(26,27)28)13-33(22(36)14-6-2-1-3-7-14)18(21(34)24(29,30)31)10-15-12-32-17-9-5-4-8-16(15)17/h1-9,12,18-19,21,32H,10-11,13H2. The number of rotatable bonds is 4. The number of amides is 2. The van der Waals surface area contributed by atoms with Crippen LogP contribution < -0.4 is 0 Å². The minimum Gasteiger partial charge on any atom is -0.361 e. The summed E-state index contributed by atoms with van der Waals surface area (Å²) in [6.45, 7) is -1.17. The molecule has 1 N–H and O–H groups in total. The number of carbonyl (C=O) groups excluding carboxylic acids is 2. The number of nitrogens with one attached hydrogen (secondary N) is 1. The Bertz CT molecular complexity index is 1240. The average Bonchev–Trinajstić information content (AvgIpc) is 3.24. The number of piperazine rings is 1. The zero-order valence-electron chi connectivity index (χ0n) is 18.5. The molecular weight excluding hydrogens is 512 g/mol. The van der Waals surface area contributed by atoms with Gasteiger partial charge in [-0.25, -0.2) is 0 Å². The van der Waals surface area contributed by atoms with Gasteiger partial charge < -0.3 is 14.8 Å². The Kier molecular flexibility index (Phi) is 6.96. The van der Waals surface area contributed by atoms with Crippen molar-refractivity contribution in [1.82, 2.24) is 14.8 Å². The molecule has 3 aromatic rings. The molecule has 0 bridgehead atoms. The highest BCUT2D eigenvalue weighted by Gasteiger charge is 2.62. The molecule has 1 aliphatic rings. The van der Waals surface area contributed by atoms with Gasteiger partial charge in [-0.1, -0.05) is 36.4 Å². The summed E-state index contributed by atoms with van der Waals surface area (Å²) < 4.78 is 85.8. The molecule has 12 heteroatoms. The first-order valence-electron chi connectivity index (χ1n) is 10.8. The number of alkyl halides is 7. The summed E-state index contributed by atoms with van der Waals surface area (Å²) in [5, 5.41) is 0.554. The highest BCUT2D eigenvalue weighted by molar-refractivity contribution is 6.27. The Morgan fingerprint density at radius 3 is 2.19 bits per heavy atom. The van der Waals surface area contributed by atoms with E-state index in [9.17, 15) is 35.9 Å². The van der Waals surface area contributed by atoms with Gasteiger partial charge >= 0.3 is 12.4 Å². The molecule has 1 aromatic heterocycles. The maximum absolute atomic E-state index is 14.5. The number of aromatic nitrogens is 1. The van der Waals surface area contributed by atoms with Gasteiger partial charge in [0.25, 0.3) is 5.91 Å². The van der Waals surface area contributed by atoms with Crippen molar-refractivity contribution in [2.75, 3.05) is 12.4 Å². The van der Waals surface area contributed by atoms with E-state index in [0.29, 0.717) is 21.4 Å². The minimum absolute atomic E-state index is 0.0691. The predicted molar refractivity (Wildman–Crippen MR) is 121 cm³/mol. The van der Waals surface area contributed by atoms with E-state index in [-0.39, 0.29) is 10.5 Å². The van der Waals surface area contributed by atoms with Crippen molar-refractivity contribution in [3.05, 3.63) is 71.9 Å². The third-order valence-corrected chi connectivity index (χ3v) is 6.50. The molecule has 36 heavy (non-hydrogen) atoms. The van der Waals surface area contributed by atoms with Crippen molar-refractivity contribution >= 4 is 34.3 Å². The van der Waals surface area contributed by atoms with Crippen LogP contribution >= 0.6 is 11.6 Å². The highest BCUT2D eigenvalue weighted by atomic mass is 35.5. The zero-order chi connectivity index (χ0) is 26.3. The molecule has 3 atom stereocenters. The fourth-order valence-corrected chi connectivity index (χ4v) is 4.86. The Hall–Kier alpha value is -3.21. The quantitative estimate of drug-likeness (QED) is 0.373. The molecule has 2 amide bonds. The van der Waals surface area contributed by atoms with E-state index >= 15 is 0 Å². The van der Waals surface area contributed by atoms with E-state index in [2.05, 4.69) is 4.98 Å². The maximum Gasteiger partial charge on any atom is 0.410 e. The molecule has 0 saturated carbocycles. The largest absolute Gasteiger partial charge is 0.410 e. The van der Waals surface area contributed by atoms with Crippen LogP contribution in [-0.2, 0) is 11.2 Å². The normalized spacial score (nSPS) is 21.1. The summed E-state index contributed by atoms with van der Waals surface area (Å²) in [7, 11) is 0. The van der Waals surface area contributed by atoms with Crippen LogP contribution in [0.1, 0.15) is 15.9 Å². The second-order valence-electron chi connectivity index (χ2n) is 8.43. The number of benzene rings is 2. The highest BCUT2D eigenvalue weighted by Crippen LogP contribution is 2.41. The summed E-state index contributed by atoms with van der Waals surface area (Å²) in [5.41, 5.74) is 0.898. The fraction of sp³-hybridized carbons (Fsp3) is 0.333. The number of carbonyl (C=O) groups is 2. The van der Waals surface area contributed by atoms with Crippen molar-refractivity contribution < 1.29 is 35.9 Å². The molecule has 0 aliphatic carbocycles. The van der Waals surface area contributed by atoms with Crippen LogP contribution in [-0.4, -0.2) is 69.5 Å². The second kappa shape index (κ2) is 9.68. The number of hydrogen-bond donors (Lipinski definition) is 1. The van der Waals surface area contributed by atoms with Crippen LogP contribution in [0.4, 0.5) is 26.3 Å². The number of fused-ring (bicyclic) bond motifs is 1. The van der Waals surface area contributed by atoms with Crippen molar-refractivity contribution in [3.63, 3.8) is 0 Å². The van der Waals surface area contributed by atoms with Gasteiger partial charge in [0.1, 0.15) is 18.0 Å². The summed E-state index contributed by atoms with van der Waals surface area (Å²) in [6.07, 6.45) is -9.54. The van der Waals surface area contributed by atoms with E-state index in [1.807, 2.05) is 0 Å². The summed E-state index contributed by atoms with van der Waals surface area (Å²) in [4.78, 5) is 29.1. The maximum atomic E-state index is 14.5. The van der Waals surface area contributed by atoms with Gasteiger partial charge in [0.15, 0.2) is 0 Å². The van der Waals surface area contributed by atoms with Crippen molar-refractivity contribution in [2.45, 2.75) is 36.9 Å². The van der Waals surface area contributed by atoms with Crippen LogP contribution in [0.15, 0.2) is 60.8 Å². The van der Waals surface area contributed by atoms with Gasteiger partial charge in [0.2, 0.25) is 5.91 Å². The summed E-state index contributed by atoms with van der Waals surface area (Å²) in [5.74, 6) is -3.59. The predicted octanol–water partition coefficient (Wildman–Crippen LogP) is 5.16. The molecular formula is C24H20ClF6N3O2. The van der Waals surface area contributed by atoms with Crippen molar-refractivity contribution in [2.24, 2.45) is 0 Å². The Morgan fingerprint density at radius 1 is 0.944 bits per heavy atom. The molecule has 4 rings (SSSR count). The smallest absolute Gasteiger partial charge is 0.361 e. The molecule has 2 heterocycles. The topological polar surface area (TPSA) is 56.4 Å². The number of nitrogens with zero attached hydrogens (tertiary/aromatic N) is 2. The average molecular weight is 532 g/mol. The van der Waals surface area contributed by atoms with Crippen molar-refractivity contribution in [3.8, 4) is 0 Å². The third-order valence-electron chi connectivity index (χ3n) is 6.27. The summed E-state index contributed by atoms with van der Waals surface area (Å²) in [6, 6.07) is 6.14. The van der Waals surface area contributed by atoms with Gasteiger partial charge in [-0.05, 0) is 30.2 Å². The van der Waals surface area contributed by atoms with Gasteiger partial charge in [-0.15, -0.1) is 11.6 Å². The van der Waals surface area contributed by atoms with Gasteiger partial charge in [0, 0.05) is 22.7 Å². The zero-order valence-corrected chi connectivity index (χ0v) is 19.2. The molecule has 0 spiro atoms. The molecule has 5 nitrogen and oxygen atoms in total. The van der Waals surface area contributed by atoms with E-state index in [0.717, 1.165) is 0 Å². The molecule has 0 radical (unpaired) electrons. The van der Waals surface area contributed by atoms with E-state index in [1.54, 1.807) is 30.3 Å². The SMILES string of the molecule is O=C(c1ccccc1)N1CC(C(F)(F)F)N(C(=O)CCl)C(C(F)(F)F)C1Cc1c[nH]c2ccccc12. The number of H-pyrrole nitrogens is 1. The van der Waals surface area contributed by atoms with Crippen LogP contribution in [0.5, 0.6) is 0 Å². The van der Waals surface area contributed by atoms with Crippen molar-refractivity contribution in [1.29, 1.82) is 0 Å². The first kappa shape index (κ1) is 25.9. The number of hydrogen-bond acceptors (Lipinski definition) is 2. The van der Waals surface area contributed by atoms with E-state index in [4.69, 9.17) is 11.6 Å². The van der Waals surface area contributed by atoms with Gasteiger partial charge in [0.05, 0.1) is 12.6 Å². The molecule has 1 aliphatic heterocycles. The molecule has 3 unspecified atom stereocenters. The van der Waals surface area contributed by atoms with Crippen LogP contribution in [0, 0.1) is 0 Å². The number of aromatic amines is 1. The molecule has 192 valence electrons. The third kappa shape index (κ3) is 4.88. The molecule has 2 aromatic carbocycles. The van der Waals surface area contributed by atoms with Gasteiger partial charge in [-0.2, -0.15) is 26.3 Å².